The van der Waals surface area contributed by atoms with Gasteiger partial charge >= 0.3 is 5.97 Å². The molecule has 1 amide bonds. The average molecular weight is 417 g/mol. The van der Waals surface area contributed by atoms with E-state index in [1.165, 1.54) is 11.3 Å². The highest BCUT2D eigenvalue weighted by atomic mass is 35.5. The smallest absolute Gasteiger partial charge is 0.341 e. The van der Waals surface area contributed by atoms with E-state index in [0.717, 1.165) is 16.0 Å². The van der Waals surface area contributed by atoms with E-state index in [1.54, 1.807) is 6.92 Å². The molecule has 0 atom stereocenters. The number of hydrogen-bond donors (Lipinski definition) is 1. The molecule has 2 rings (SSSR count). The van der Waals surface area contributed by atoms with Crippen molar-refractivity contribution in [3.05, 3.63) is 40.8 Å². The lowest BCUT2D eigenvalue weighted by atomic mass is 10.0. The van der Waals surface area contributed by atoms with E-state index in [9.17, 15) is 9.59 Å². The fourth-order valence-corrected chi connectivity index (χ4v) is 3.84. The Morgan fingerprint density at radius 3 is 2.42 bits per heavy atom. The lowest BCUT2D eigenvalue weighted by molar-refractivity contribution is -0.113. The summed E-state index contributed by atoms with van der Waals surface area (Å²) in [6.07, 6.45) is 0. The largest absolute Gasteiger partial charge is 0.462 e. The topological polar surface area (TPSA) is 58.6 Å². The molecule has 5 nitrogen and oxygen atoms in total. The maximum atomic E-state index is 12.6. The molecule has 0 radical (unpaired) electrons. The molecule has 0 fully saturated rings. The maximum Gasteiger partial charge on any atom is 0.341 e. The van der Waals surface area contributed by atoms with Crippen LogP contribution in [0.25, 0.3) is 11.1 Å². The average Bonchev–Trinajstić information content (AvgIpc) is 2.92. The standard InChI is InChI=1S/C18H21ClN2O3S.ClH/c1-4-24-18(23)16-15(12-8-6-5-7-9-12)13(11-21(2)3)25-17(16)20-14(22)10-19;/h5-9H,4,10-11H2,1-3H3,(H,20,22);1H. The van der Waals surface area contributed by atoms with Gasteiger partial charge in [0, 0.05) is 17.0 Å². The fourth-order valence-electron chi connectivity index (χ4n) is 2.43. The molecule has 1 heterocycles. The van der Waals surface area contributed by atoms with E-state index in [4.69, 9.17) is 16.3 Å². The van der Waals surface area contributed by atoms with Gasteiger partial charge < -0.3 is 15.0 Å². The fraction of sp³-hybridized carbons (Fsp3) is 0.333. The van der Waals surface area contributed by atoms with Crippen molar-refractivity contribution >= 4 is 52.2 Å². The summed E-state index contributed by atoms with van der Waals surface area (Å²) < 4.78 is 5.23. The quantitative estimate of drug-likeness (QED) is 0.541. The van der Waals surface area contributed by atoms with Crippen LogP contribution in [0.15, 0.2) is 30.3 Å². The molecule has 0 unspecified atom stereocenters. The third kappa shape index (κ3) is 5.45. The first-order valence-electron chi connectivity index (χ1n) is 7.86. The number of carbonyl (C=O) groups is 2. The Morgan fingerprint density at radius 1 is 1.23 bits per heavy atom. The highest BCUT2D eigenvalue weighted by Crippen LogP contribution is 2.41. The molecule has 1 N–H and O–H groups in total. The van der Waals surface area contributed by atoms with Crippen LogP contribution in [0.3, 0.4) is 0 Å². The Hall–Kier alpha value is -1.60. The second-order valence-corrected chi connectivity index (χ2v) is 6.98. The van der Waals surface area contributed by atoms with Gasteiger partial charge in [0.25, 0.3) is 0 Å². The number of esters is 1. The Kier molecular flexibility index (Phi) is 9.08. The Balaban J connectivity index is 0.00000338. The van der Waals surface area contributed by atoms with Gasteiger partial charge in [0.2, 0.25) is 5.91 Å². The molecule has 1 aromatic heterocycles. The van der Waals surface area contributed by atoms with E-state index in [2.05, 4.69) is 5.32 Å². The number of hydrogen-bond acceptors (Lipinski definition) is 5. The SMILES string of the molecule is CCOC(=O)c1c(NC(=O)CCl)sc(CN(C)C)c1-c1ccccc1.Cl. The third-order valence-corrected chi connectivity index (χ3v) is 4.69. The maximum absolute atomic E-state index is 12.6. The zero-order valence-electron chi connectivity index (χ0n) is 14.9. The highest BCUT2D eigenvalue weighted by molar-refractivity contribution is 7.17. The minimum absolute atomic E-state index is 0. The van der Waals surface area contributed by atoms with Gasteiger partial charge in [-0.1, -0.05) is 30.3 Å². The van der Waals surface area contributed by atoms with Crippen molar-refractivity contribution in [1.82, 2.24) is 4.90 Å². The number of carbonyl (C=O) groups excluding carboxylic acids is 2. The predicted octanol–water partition coefficient (Wildman–Crippen LogP) is 4.25. The number of nitrogens with zero attached hydrogens (tertiary/aromatic N) is 1. The molecular weight excluding hydrogens is 395 g/mol. The van der Waals surface area contributed by atoms with Crippen LogP contribution in [-0.4, -0.2) is 43.4 Å². The van der Waals surface area contributed by atoms with Crippen molar-refractivity contribution in [2.45, 2.75) is 13.5 Å². The Morgan fingerprint density at radius 2 is 1.88 bits per heavy atom. The van der Waals surface area contributed by atoms with E-state index in [-0.39, 0.29) is 30.8 Å². The number of rotatable bonds is 7. The highest BCUT2D eigenvalue weighted by Gasteiger charge is 2.27. The van der Waals surface area contributed by atoms with Crippen LogP contribution in [-0.2, 0) is 16.1 Å². The minimum Gasteiger partial charge on any atom is -0.462 e. The van der Waals surface area contributed by atoms with Crippen molar-refractivity contribution in [2.75, 3.05) is 31.9 Å². The summed E-state index contributed by atoms with van der Waals surface area (Å²) in [5, 5.41) is 3.20. The van der Waals surface area contributed by atoms with Crippen LogP contribution in [0.1, 0.15) is 22.2 Å². The molecule has 0 bridgehead atoms. The summed E-state index contributed by atoms with van der Waals surface area (Å²) in [6, 6.07) is 9.63. The minimum atomic E-state index is -0.451. The van der Waals surface area contributed by atoms with Crippen LogP contribution in [0, 0.1) is 0 Å². The zero-order valence-corrected chi connectivity index (χ0v) is 17.3. The summed E-state index contributed by atoms with van der Waals surface area (Å²) in [6.45, 7) is 2.65. The number of alkyl halides is 1. The van der Waals surface area contributed by atoms with Crippen molar-refractivity contribution < 1.29 is 14.3 Å². The lowest BCUT2D eigenvalue weighted by Gasteiger charge is -2.12. The van der Waals surface area contributed by atoms with Gasteiger partial charge in [-0.15, -0.1) is 35.3 Å². The van der Waals surface area contributed by atoms with Gasteiger partial charge in [0.1, 0.15) is 16.4 Å². The van der Waals surface area contributed by atoms with Crippen molar-refractivity contribution in [2.24, 2.45) is 0 Å². The van der Waals surface area contributed by atoms with E-state index in [0.29, 0.717) is 17.1 Å². The molecule has 2 aromatic rings. The van der Waals surface area contributed by atoms with Crippen LogP contribution in [0.2, 0.25) is 0 Å². The normalized spacial score (nSPS) is 10.3. The summed E-state index contributed by atoms with van der Waals surface area (Å²) in [5.74, 6) is -0.985. The van der Waals surface area contributed by atoms with Crippen LogP contribution >= 0.6 is 35.3 Å². The van der Waals surface area contributed by atoms with E-state index in [1.807, 2.05) is 49.3 Å². The summed E-state index contributed by atoms with van der Waals surface area (Å²) in [4.78, 5) is 27.4. The second-order valence-electron chi connectivity index (χ2n) is 5.61. The number of thiophene rings is 1. The first-order valence-corrected chi connectivity index (χ1v) is 9.21. The van der Waals surface area contributed by atoms with Crippen LogP contribution in [0.4, 0.5) is 5.00 Å². The van der Waals surface area contributed by atoms with Crippen molar-refractivity contribution in [3.63, 3.8) is 0 Å². The van der Waals surface area contributed by atoms with Crippen molar-refractivity contribution in [1.29, 1.82) is 0 Å². The number of ether oxygens (including phenoxy) is 1. The summed E-state index contributed by atoms with van der Waals surface area (Å²) >= 11 is 6.99. The molecule has 0 aliphatic rings. The summed E-state index contributed by atoms with van der Waals surface area (Å²) in [7, 11) is 3.91. The number of benzene rings is 1. The number of halogens is 2. The van der Waals surface area contributed by atoms with Crippen molar-refractivity contribution in [3.8, 4) is 11.1 Å². The van der Waals surface area contributed by atoms with Gasteiger partial charge in [-0.3, -0.25) is 4.79 Å². The third-order valence-electron chi connectivity index (χ3n) is 3.36. The lowest BCUT2D eigenvalue weighted by Crippen LogP contribution is -2.15. The molecule has 1 aromatic carbocycles. The molecule has 0 spiro atoms. The second kappa shape index (κ2) is 10.5. The van der Waals surface area contributed by atoms with E-state index >= 15 is 0 Å². The van der Waals surface area contributed by atoms with Gasteiger partial charge in [-0.2, -0.15) is 0 Å². The molecule has 0 saturated heterocycles. The van der Waals surface area contributed by atoms with Crippen LogP contribution < -0.4 is 5.32 Å². The molecule has 142 valence electrons. The number of nitrogens with one attached hydrogen (secondary N) is 1. The molecule has 0 aliphatic heterocycles. The van der Waals surface area contributed by atoms with Gasteiger partial charge in [-0.05, 0) is 26.6 Å². The molecule has 0 aliphatic carbocycles. The molecular formula is C18H22Cl2N2O3S. The first kappa shape index (κ1) is 22.4. The monoisotopic (exact) mass is 416 g/mol. The number of amides is 1. The molecule has 8 heteroatoms. The van der Waals surface area contributed by atoms with E-state index < -0.39 is 5.97 Å². The van der Waals surface area contributed by atoms with Gasteiger partial charge in [0.05, 0.1) is 6.61 Å². The van der Waals surface area contributed by atoms with Gasteiger partial charge in [0.15, 0.2) is 0 Å². The molecule has 26 heavy (non-hydrogen) atoms. The molecule has 0 saturated carbocycles. The zero-order chi connectivity index (χ0) is 18.4. The predicted molar refractivity (Wildman–Crippen MR) is 110 cm³/mol. The van der Waals surface area contributed by atoms with Crippen LogP contribution in [0.5, 0.6) is 0 Å². The number of anilines is 1. The summed E-state index contributed by atoms with van der Waals surface area (Å²) in [5.41, 5.74) is 2.08. The Bertz CT molecular complexity index is 748. The van der Waals surface area contributed by atoms with Gasteiger partial charge in [-0.25, -0.2) is 4.79 Å². The first-order chi connectivity index (χ1) is 12.0. The Labute approximate surface area is 168 Å².